The SMILES string of the molecule is C=C(CCC(O)Cc1cccnc1)C(=O)O.Cl. The van der Waals surface area contributed by atoms with Gasteiger partial charge in [0, 0.05) is 18.0 Å². The minimum Gasteiger partial charge on any atom is -0.478 e. The average molecular weight is 258 g/mol. The number of nitrogens with zero attached hydrogens (tertiary/aromatic N) is 1. The summed E-state index contributed by atoms with van der Waals surface area (Å²) in [5.41, 5.74) is 1.07. The van der Waals surface area contributed by atoms with Crippen molar-refractivity contribution >= 4 is 18.4 Å². The van der Waals surface area contributed by atoms with Gasteiger partial charge in [0.15, 0.2) is 0 Å². The summed E-state index contributed by atoms with van der Waals surface area (Å²) >= 11 is 0. The molecule has 5 heteroatoms. The van der Waals surface area contributed by atoms with Crippen molar-refractivity contribution in [3.05, 3.63) is 42.2 Å². The summed E-state index contributed by atoms with van der Waals surface area (Å²) < 4.78 is 0. The molecule has 1 rings (SSSR count). The third kappa shape index (κ3) is 6.04. The van der Waals surface area contributed by atoms with Gasteiger partial charge in [-0.1, -0.05) is 12.6 Å². The summed E-state index contributed by atoms with van der Waals surface area (Å²) in [7, 11) is 0. The van der Waals surface area contributed by atoms with E-state index in [2.05, 4.69) is 11.6 Å². The molecular weight excluding hydrogens is 242 g/mol. The van der Waals surface area contributed by atoms with Crippen molar-refractivity contribution in [2.45, 2.75) is 25.4 Å². The largest absolute Gasteiger partial charge is 0.478 e. The predicted molar refractivity (Wildman–Crippen MR) is 67.2 cm³/mol. The topological polar surface area (TPSA) is 70.4 Å². The summed E-state index contributed by atoms with van der Waals surface area (Å²) in [4.78, 5) is 14.4. The zero-order valence-electron chi connectivity index (χ0n) is 9.37. The fourth-order valence-electron chi connectivity index (χ4n) is 1.34. The molecule has 0 spiro atoms. The smallest absolute Gasteiger partial charge is 0.330 e. The van der Waals surface area contributed by atoms with E-state index >= 15 is 0 Å². The maximum atomic E-state index is 10.5. The second kappa shape index (κ2) is 7.81. The van der Waals surface area contributed by atoms with Gasteiger partial charge in [0.25, 0.3) is 0 Å². The monoisotopic (exact) mass is 257 g/mol. The highest BCUT2D eigenvalue weighted by molar-refractivity contribution is 5.85. The Balaban J connectivity index is 0.00000256. The fourth-order valence-corrected chi connectivity index (χ4v) is 1.34. The van der Waals surface area contributed by atoms with Gasteiger partial charge in [-0.05, 0) is 30.9 Å². The van der Waals surface area contributed by atoms with Crippen LogP contribution in [-0.2, 0) is 11.2 Å². The van der Waals surface area contributed by atoms with Gasteiger partial charge in [-0.2, -0.15) is 0 Å². The lowest BCUT2D eigenvalue weighted by atomic mass is 10.0. The number of carbonyl (C=O) groups is 1. The number of hydrogen-bond acceptors (Lipinski definition) is 3. The maximum Gasteiger partial charge on any atom is 0.330 e. The molecular formula is C12H16ClNO3. The van der Waals surface area contributed by atoms with E-state index in [1.165, 1.54) is 0 Å². The standard InChI is InChI=1S/C12H15NO3.ClH/c1-9(12(15)16)4-5-11(14)7-10-3-2-6-13-8-10;/h2-3,6,8,11,14H,1,4-5,7H2,(H,15,16);1H. The molecule has 1 aromatic rings. The number of carboxylic acid groups (broad SMARTS) is 1. The number of hydrogen-bond donors (Lipinski definition) is 2. The molecule has 94 valence electrons. The number of pyridine rings is 1. The summed E-state index contributed by atoms with van der Waals surface area (Å²) in [5.74, 6) is -1.01. The highest BCUT2D eigenvalue weighted by Crippen LogP contribution is 2.10. The number of aliphatic hydroxyl groups excluding tert-OH is 1. The van der Waals surface area contributed by atoms with Crippen LogP contribution in [0.5, 0.6) is 0 Å². The van der Waals surface area contributed by atoms with E-state index in [0.717, 1.165) is 5.56 Å². The number of carboxylic acids is 1. The first kappa shape index (κ1) is 15.6. The van der Waals surface area contributed by atoms with Crippen LogP contribution in [0.3, 0.4) is 0 Å². The van der Waals surface area contributed by atoms with Crippen LogP contribution in [-0.4, -0.2) is 27.3 Å². The molecule has 0 saturated heterocycles. The Kier molecular flexibility index (Phi) is 7.18. The van der Waals surface area contributed by atoms with Crippen LogP contribution in [0.15, 0.2) is 36.7 Å². The van der Waals surface area contributed by atoms with Crippen LogP contribution >= 0.6 is 12.4 Å². The molecule has 0 bridgehead atoms. The van der Waals surface area contributed by atoms with Gasteiger partial charge in [-0.3, -0.25) is 4.98 Å². The molecule has 1 unspecified atom stereocenters. The van der Waals surface area contributed by atoms with Crippen LogP contribution in [0, 0.1) is 0 Å². The second-order valence-corrected chi connectivity index (χ2v) is 3.67. The molecule has 2 N–H and O–H groups in total. The molecule has 0 aliphatic rings. The van der Waals surface area contributed by atoms with Crippen molar-refractivity contribution in [3.63, 3.8) is 0 Å². The normalized spacial score (nSPS) is 11.4. The molecule has 0 radical (unpaired) electrons. The van der Waals surface area contributed by atoms with E-state index in [1.807, 2.05) is 6.07 Å². The first-order chi connectivity index (χ1) is 7.59. The van der Waals surface area contributed by atoms with E-state index in [-0.39, 0.29) is 18.0 Å². The molecule has 17 heavy (non-hydrogen) atoms. The molecule has 1 heterocycles. The lowest BCUT2D eigenvalue weighted by Crippen LogP contribution is -2.12. The lowest BCUT2D eigenvalue weighted by Gasteiger charge is -2.09. The zero-order chi connectivity index (χ0) is 12.0. The fraction of sp³-hybridized carbons (Fsp3) is 0.333. The van der Waals surface area contributed by atoms with E-state index < -0.39 is 12.1 Å². The second-order valence-electron chi connectivity index (χ2n) is 3.67. The highest BCUT2D eigenvalue weighted by Gasteiger charge is 2.09. The van der Waals surface area contributed by atoms with Gasteiger partial charge < -0.3 is 10.2 Å². The quantitative estimate of drug-likeness (QED) is 0.763. The summed E-state index contributed by atoms with van der Waals surface area (Å²) in [6.45, 7) is 3.41. The van der Waals surface area contributed by atoms with E-state index in [9.17, 15) is 9.90 Å². The summed E-state index contributed by atoms with van der Waals surface area (Å²) in [5, 5.41) is 18.3. The van der Waals surface area contributed by atoms with Crippen LogP contribution in [0.4, 0.5) is 0 Å². The average Bonchev–Trinajstić information content (AvgIpc) is 2.27. The number of aliphatic carboxylic acids is 1. The molecule has 4 nitrogen and oxygen atoms in total. The molecule has 0 aliphatic carbocycles. The molecule has 0 amide bonds. The molecule has 0 fully saturated rings. The number of aliphatic hydroxyl groups is 1. The number of rotatable bonds is 6. The Morgan fingerprint density at radius 1 is 1.53 bits per heavy atom. The van der Waals surface area contributed by atoms with Gasteiger partial charge in [0.2, 0.25) is 0 Å². The van der Waals surface area contributed by atoms with Gasteiger partial charge in [0.05, 0.1) is 6.10 Å². The number of aromatic nitrogens is 1. The van der Waals surface area contributed by atoms with Crippen LogP contribution in [0.25, 0.3) is 0 Å². The summed E-state index contributed by atoms with van der Waals surface area (Å²) in [6.07, 6.45) is 4.00. The minimum atomic E-state index is -1.01. The zero-order valence-corrected chi connectivity index (χ0v) is 10.2. The van der Waals surface area contributed by atoms with E-state index in [0.29, 0.717) is 19.3 Å². The minimum absolute atomic E-state index is 0. The van der Waals surface area contributed by atoms with Gasteiger partial charge in [-0.25, -0.2) is 4.79 Å². The highest BCUT2D eigenvalue weighted by atomic mass is 35.5. The molecule has 0 aromatic carbocycles. The van der Waals surface area contributed by atoms with Crippen molar-refractivity contribution in [1.29, 1.82) is 0 Å². The Morgan fingerprint density at radius 2 is 2.24 bits per heavy atom. The van der Waals surface area contributed by atoms with Gasteiger partial charge in [-0.15, -0.1) is 12.4 Å². The van der Waals surface area contributed by atoms with E-state index in [1.54, 1.807) is 18.5 Å². The molecule has 1 atom stereocenters. The van der Waals surface area contributed by atoms with Crippen LogP contribution in [0.2, 0.25) is 0 Å². The maximum absolute atomic E-state index is 10.5. The van der Waals surface area contributed by atoms with Gasteiger partial charge in [0.1, 0.15) is 0 Å². The first-order valence-corrected chi connectivity index (χ1v) is 5.07. The van der Waals surface area contributed by atoms with Gasteiger partial charge >= 0.3 is 5.97 Å². The Morgan fingerprint density at radius 3 is 2.76 bits per heavy atom. The van der Waals surface area contributed by atoms with Crippen molar-refractivity contribution in [2.75, 3.05) is 0 Å². The third-order valence-electron chi connectivity index (χ3n) is 2.28. The Hall–Kier alpha value is -1.39. The van der Waals surface area contributed by atoms with Crippen molar-refractivity contribution in [3.8, 4) is 0 Å². The molecule has 0 saturated carbocycles. The van der Waals surface area contributed by atoms with Crippen molar-refractivity contribution in [1.82, 2.24) is 4.98 Å². The lowest BCUT2D eigenvalue weighted by molar-refractivity contribution is -0.132. The third-order valence-corrected chi connectivity index (χ3v) is 2.28. The number of halogens is 1. The van der Waals surface area contributed by atoms with Crippen molar-refractivity contribution < 1.29 is 15.0 Å². The predicted octanol–water partition coefficient (Wildman–Crippen LogP) is 1.83. The molecule has 0 aliphatic heterocycles. The molecule has 1 aromatic heterocycles. The van der Waals surface area contributed by atoms with Crippen LogP contribution in [0.1, 0.15) is 18.4 Å². The van der Waals surface area contributed by atoms with Crippen LogP contribution < -0.4 is 0 Å². The Labute approximate surface area is 106 Å². The Bertz CT molecular complexity index is 367. The first-order valence-electron chi connectivity index (χ1n) is 5.07. The van der Waals surface area contributed by atoms with Crippen molar-refractivity contribution in [2.24, 2.45) is 0 Å². The van der Waals surface area contributed by atoms with E-state index in [4.69, 9.17) is 5.11 Å². The summed E-state index contributed by atoms with van der Waals surface area (Å²) in [6, 6.07) is 3.68.